The summed E-state index contributed by atoms with van der Waals surface area (Å²) in [7, 11) is 0. The van der Waals surface area contributed by atoms with Crippen molar-refractivity contribution in [3.8, 4) is 0 Å². The van der Waals surface area contributed by atoms with E-state index < -0.39 is 0 Å². The van der Waals surface area contributed by atoms with Gasteiger partial charge in [0.1, 0.15) is 5.01 Å². The molecule has 0 fully saturated rings. The van der Waals surface area contributed by atoms with Gasteiger partial charge in [0.15, 0.2) is 0 Å². The van der Waals surface area contributed by atoms with E-state index in [1.165, 1.54) is 9.35 Å². The average Bonchev–Trinajstić information content (AvgIpc) is 2.86. The third kappa shape index (κ3) is 3.16. The lowest BCUT2D eigenvalue weighted by atomic mass is 10.2. The van der Waals surface area contributed by atoms with E-state index in [1.54, 1.807) is 22.7 Å². The van der Waals surface area contributed by atoms with Gasteiger partial charge < -0.3 is 5.32 Å². The second kappa shape index (κ2) is 5.61. The number of thiazole rings is 1. The first-order valence-corrected chi connectivity index (χ1v) is 8.04. The molecule has 2 aromatic heterocycles. The number of nitrogens with zero attached hydrogens (tertiary/aromatic N) is 1. The summed E-state index contributed by atoms with van der Waals surface area (Å²) < 4.78 is 1.19. The second-order valence-electron chi connectivity index (χ2n) is 4.07. The van der Waals surface area contributed by atoms with Gasteiger partial charge in [0, 0.05) is 26.5 Å². The molecule has 0 aliphatic carbocycles. The quantitative estimate of drug-likeness (QED) is 0.879. The Labute approximate surface area is 118 Å². The molecule has 2 unspecified atom stereocenters. The van der Waals surface area contributed by atoms with Crippen LogP contribution in [0.1, 0.15) is 41.5 Å². The maximum Gasteiger partial charge on any atom is 0.110 e. The highest BCUT2D eigenvalue weighted by Gasteiger charge is 2.16. The molecule has 0 radical (unpaired) electrons. The number of hydrogen-bond acceptors (Lipinski definition) is 4. The molecule has 17 heavy (non-hydrogen) atoms. The largest absolute Gasteiger partial charge is 0.301 e. The maximum atomic E-state index is 4.52. The van der Waals surface area contributed by atoms with Gasteiger partial charge in [-0.05, 0) is 48.1 Å². The van der Waals surface area contributed by atoms with Gasteiger partial charge in [0.05, 0.1) is 6.04 Å². The van der Waals surface area contributed by atoms with Crippen molar-refractivity contribution in [2.24, 2.45) is 0 Å². The van der Waals surface area contributed by atoms with Crippen LogP contribution >= 0.6 is 38.6 Å². The first-order chi connectivity index (χ1) is 8.08. The lowest BCUT2D eigenvalue weighted by Gasteiger charge is -2.17. The fraction of sp³-hybridized carbons (Fsp3) is 0.417. The first-order valence-electron chi connectivity index (χ1n) is 5.49. The van der Waals surface area contributed by atoms with Crippen molar-refractivity contribution in [2.75, 3.05) is 0 Å². The molecule has 1 N–H and O–H groups in total. The smallest absolute Gasteiger partial charge is 0.110 e. The monoisotopic (exact) mass is 330 g/mol. The van der Waals surface area contributed by atoms with Crippen LogP contribution < -0.4 is 5.32 Å². The zero-order chi connectivity index (χ0) is 12.4. The summed E-state index contributed by atoms with van der Waals surface area (Å²) in [5, 5.41) is 8.94. The topological polar surface area (TPSA) is 24.9 Å². The molecule has 5 heteroatoms. The molecule has 2 nitrogen and oxygen atoms in total. The molecule has 2 heterocycles. The van der Waals surface area contributed by atoms with Crippen molar-refractivity contribution in [3.05, 3.63) is 36.9 Å². The van der Waals surface area contributed by atoms with Gasteiger partial charge in [0.2, 0.25) is 0 Å². The van der Waals surface area contributed by atoms with Crippen LogP contribution in [0.25, 0.3) is 0 Å². The van der Waals surface area contributed by atoms with Crippen molar-refractivity contribution in [1.29, 1.82) is 0 Å². The van der Waals surface area contributed by atoms with Crippen LogP contribution in [0.3, 0.4) is 0 Å². The van der Waals surface area contributed by atoms with Gasteiger partial charge >= 0.3 is 0 Å². The second-order valence-corrected chi connectivity index (χ2v) is 6.76. The standard InChI is InChI=1S/C12H15BrN2S2/c1-7-6-17-12(14-7)9(3)15-8(2)11-10(13)4-5-16-11/h4-6,8-9,15H,1-3H3. The Morgan fingerprint density at radius 3 is 2.59 bits per heavy atom. The third-order valence-corrected chi connectivity index (χ3v) is 5.74. The van der Waals surface area contributed by atoms with E-state index in [2.05, 4.69) is 56.9 Å². The van der Waals surface area contributed by atoms with Gasteiger partial charge in [0.25, 0.3) is 0 Å². The molecule has 0 saturated heterocycles. The van der Waals surface area contributed by atoms with Gasteiger partial charge in [-0.2, -0.15) is 0 Å². The number of rotatable bonds is 4. The fourth-order valence-electron chi connectivity index (χ4n) is 1.71. The summed E-state index contributed by atoms with van der Waals surface area (Å²) >= 11 is 7.07. The zero-order valence-electron chi connectivity index (χ0n) is 10.0. The predicted octanol–water partition coefficient (Wildman–Crippen LogP) is 4.69. The van der Waals surface area contributed by atoms with E-state index in [-0.39, 0.29) is 6.04 Å². The third-order valence-electron chi connectivity index (χ3n) is 2.55. The van der Waals surface area contributed by atoms with E-state index >= 15 is 0 Å². The fourth-order valence-corrected chi connectivity index (χ4v) is 4.25. The number of thiophene rings is 1. The molecule has 2 aromatic rings. The van der Waals surface area contributed by atoms with E-state index in [9.17, 15) is 0 Å². The van der Waals surface area contributed by atoms with E-state index in [0.717, 1.165) is 10.7 Å². The molecule has 92 valence electrons. The highest BCUT2D eigenvalue weighted by atomic mass is 79.9. The van der Waals surface area contributed by atoms with Crippen LogP contribution in [0.5, 0.6) is 0 Å². The highest BCUT2D eigenvalue weighted by Crippen LogP contribution is 2.30. The molecule has 0 saturated carbocycles. The first kappa shape index (κ1) is 13.2. The Kier molecular flexibility index (Phi) is 4.36. The summed E-state index contributed by atoms with van der Waals surface area (Å²) in [6.45, 7) is 6.38. The minimum absolute atomic E-state index is 0.290. The number of aromatic nitrogens is 1. The summed E-state index contributed by atoms with van der Waals surface area (Å²) in [5.74, 6) is 0. The summed E-state index contributed by atoms with van der Waals surface area (Å²) in [6.07, 6.45) is 0. The molecule has 0 spiro atoms. The SMILES string of the molecule is Cc1csc(C(C)NC(C)c2sccc2Br)n1. The number of hydrogen-bond donors (Lipinski definition) is 1. The van der Waals surface area contributed by atoms with Crippen LogP contribution in [0.15, 0.2) is 21.3 Å². The molecular formula is C12H15BrN2S2. The maximum absolute atomic E-state index is 4.52. The van der Waals surface area contributed by atoms with Crippen molar-refractivity contribution in [3.63, 3.8) is 0 Å². The molecule has 0 aliphatic heterocycles. The highest BCUT2D eigenvalue weighted by molar-refractivity contribution is 9.10. The lowest BCUT2D eigenvalue weighted by molar-refractivity contribution is 0.497. The number of nitrogens with one attached hydrogen (secondary N) is 1. The summed E-state index contributed by atoms with van der Waals surface area (Å²) in [6, 6.07) is 2.72. The lowest BCUT2D eigenvalue weighted by Crippen LogP contribution is -2.21. The molecular weight excluding hydrogens is 316 g/mol. The molecule has 0 bridgehead atoms. The van der Waals surface area contributed by atoms with E-state index in [0.29, 0.717) is 6.04 Å². The zero-order valence-corrected chi connectivity index (χ0v) is 13.2. The Hall–Kier alpha value is -0.230. The van der Waals surface area contributed by atoms with Crippen LogP contribution in [-0.4, -0.2) is 4.98 Å². The summed E-state index contributed by atoms with van der Waals surface area (Å²) in [5.41, 5.74) is 1.10. The predicted molar refractivity (Wildman–Crippen MR) is 78.8 cm³/mol. The normalized spacial score (nSPS) is 14.8. The minimum atomic E-state index is 0.290. The van der Waals surface area contributed by atoms with E-state index in [1.807, 2.05) is 6.92 Å². The molecule has 0 aliphatic rings. The Morgan fingerprint density at radius 2 is 2.06 bits per heavy atom. The van der Waals surface area contributed by atoms with Crippen LogP contribution in [0.2, 0.25) is 0 Å². The molecule has 2 rings (SSSR count). The Balaban J connectivity index is 2.04. The van der Waals surface area contributed by atoms with Gasteiger partial charge in [-0.3, -0.25) is 0 Å². The number of halogens is 1. The van der Waals surface area contributed by atoms with Crippen molar-refractivity contribution in [2.45, 2.75) is 32.9 Å². The average molecular weight is 331 g/mol. The molecule has 0 amide bonds. The van der Waals surface area contributed by atoms with Crippen molar-refractivity contribution >= 4 is 38.6 Å². The number of aryl methyl sites for hydroxylation is 1. The van der Waals surface area contributed by atoms with Crippen LogP contribution in [0.4, 0.5) is 0 Å². The summed E-state index contributed by atoms with van der Waals surface area (Å²) in [4.78, 5) is 5.85. The Morgan fingerprint density at radius 1 is 1.29 bits per heavy atom. The van der Waals surface area contributed by atoms with Crippen molar-refractivity contribution in [1.82, 2.24) is 10.3 Å². The Bertz CT molecular complexity index is 492. The minimum Gasteiger partial charge on any atom is -0.301 e. The van der Waals surface area contributed by atoms with Crippen LogP contribution in [-0.2, 0) is 0 Å². The van der Waals surface area contributed by atoms with Gasteiger partial charge in [-0.25, -0.2) is 4.98 Å². The molecule has 0 aromatic carbocycles. The van der Waals surface area contributed by atoms with Gasteiger partial charge in [-0.15, -0.1) is 22.7 Å². The molecule has 2 atom stereocenters. The van der Waals surface area contributed by atoms with Gasteiger partial charge in [-0.1, -0.05) is 0 Å². The van der Waals surface area contributed by atoms with Crippen molar-refractivity contribution < 1.29 is 0 Å². The van der Waals surface area contributed by atoms with E-state index in [4.69, 9.17) is 0 Å². The van der Waals surface area contributed by atoms with Crippen LogP contribution in [0, 0.1) is 6.92 Å².